The first kappa shape index (κ1) is 16.9. The maximum absolute atomic E-state index is 13.8. The number of hydrogen-bond acceptors (Lipinski definition) is 3. The van der Waals surface area contributed by atoms with Gasteiger partial charge >= 0.3 is 0 Å². The smallest absolute Gasteiger partial charge is 0.238 e. The van der Waals surface area contributed by atoms with Crippen LogP contribution in [0.25, 0.3) is 0 Å². The van der Waals surface area contributed by atoms with E-state index < -0.39 is 5.82 Å². The second-order valence-electron chi connectivity index (χ2n) is 5.77. The Morgan fingerprint density at radius 1 is 1.12 bits per heavy atom. The summed E-state index contributed by atoms with van der Waals surface area (Å²) in [5, 5.41) is 5.74. The average molecular weight is 338 g/mol. The average Bonchev–Trinajstić information content (AvgIpc) is 3.13. The number of benzene rings is 2. The molecule has 0 unspecified atom stereocenters. The summed E-state index contributed by atoms with van der Waals surface area (Å²) in [6.07, 6.45) is 1.59. The molecule has 4 nitrogen and oxygen atoms in total. The lowest BCUT2D eigenvalue weighted by molar-refractivity contribution is -0.115. The molecule has 0 radical (unpaired) electrons. The molecule has 25 heavy (non-hydrogen) atoms. The summed E-state index contributed by atoms with van der Waals surface area (Å²) in [5.74, 6) is -0.0604. The van der Waals surface area contributed by atoms with E-state index in [9.17, 15) is 9.18 Å². The van der Waals surface area contributed by atoms with Crippen LogP contribution in [0.2, 0.25) is 0 Å². The fourth-order valence-electron chi connectivity index (χ4n) is 2.59. The van der Waals surface area contributed by atoms with Crippen molar-refractivity contribution < 1.29 is 13.6 Å². The highest BCUT2D eigenvalue weighted by Crippen LogP contribution is 2.22. The number of hydrogen-bond donors (Lipinski definition) is 2. The number of amides is 1. The van der Waals surface area contributed by atoms with E-state index in [1.165, 1.54) is 6.07 Å². The maximum atomic E-state index is 13.8. The topological polar surface area (TPSA) is 54.3 Å². The van der Waals surface area contributed by atoms with Crippen LogP contribution < -0.4 is 10.6 Å². The molecule has 0 spiro atoms. The molecule has 0 fully saturated rings. The van der Waals surface area contributed by atoms with Crippen LogP contribution >= 0.6 is 0 Å². The van der Waals surface area contributed by atoms with Gasteiger partial charge in [0.25, 0.3) is 0 Å². The number of aryl methyl sites for hydroxylation is 1. The van der Waals surface area contributed by atoms with Crippen molar-refractivity contribution in [2.24, 2.45) is 0 Å². The van der Waals surface area contributed by atoms with Crippen LogP contribution in [0.4, 0.5) is 10.1 Å². The molecule has 1 heterocycles. The maximum Gasteiger partial charge on any atom is 0.238 e. The summed E-state index contributed by atoms with van der Waals surface area (Å²) in [7, 11) is 0. The number of carbonyl (C=O) groups is 1. The fourth-order valence-corrected chi connectivity index (χ4v) is 2.59. The lowest BCUT2D eigenvalue weighted by atomic mass is 10.0. The first-order chi connectivity index (χ1) is 12.1. The van der Waals surface area contributed by atoms with E-state index in [0.717, 1.165) is 11.1 Å². The molecule has 0 saturated heterocycles. The van der Waals surface area contributed by atoms with Crippen LogP contribution in [-0.2, 0) is 4.79 Å². The Labute approximate surface area is 145 Å². The predicted octanol–water partition coefficient (Wildman–Crippen LogP) is 4.04. The summed E-state index contributed by atoms with van der Waals surface area (Å²) >= 11 is 0. The molecule has 5 heteroatoms. The van der Waals surface area contributed by atoms with Gasteiger partial charge in [-0.25, -0.2) is 4.39 Å². The quantitative estimate of drug-likeness (QED) is 0.713. The molecule has 1 atom stereocenters. The van der Waals surface area contributed by atoms with E-state index >= 15 is 0 Å². The predicted molar refractivity (Wildman–Crippen MR) is 94.8 cm³/mol. The summed E-state index contributed by atoms with van der Waals surface area (Å²) in [6, 6.07) is 17.8. The Morgan fingerprint density at radius 2 is 1.92 bits per heavy atom. The lowest BCUT2D eigenvalue weighted by Crippen LogP contribution is -2.32. The second kappa shape index (κ2) is 7.77. The van der Waals surface area contributed by atoms with Gasteiger partial charge in [-0.15, -0.1) is 0 Å². The van der Waals surface area contributed by atoms with Crippen LogP contribution in [0.15, 0.2) is 71.3 Å². The number of rotatable bonds is 6. The molecule has 0 aliphatic carbocycles. The molecule has 0 aliphatic rings. The van der Waals surface area contributed by atoms with Gasteiger partial charge in [-0.3, -0.25) is 10.1 Å². The van der Waals surface area contributed by atoms with Gasteiger partial charge in [-0.1, -0.05) is 36.4 Å². The summed E-state index contributed by atoms with van der Waals surface area (Å²) in [5.41, 5.74) is 1.95. The first-order valence-corrected chi connectivity index (χ1v) is 8.01. The van der Waals surface area contributed by atoms with Crippen molar-refractivity contribution in [3.05, 3.63) is 89.6 Å². The summed E-state index contributed by atoms with van der Waals surface area (Å²) < 4.78 is 19.3. The summed E-state index contributed by atoms with van der Waals surface area (Å²) in [4.78, 5) is 12.2. The zero-order valence-electron chi connectivity index (χ0n) is 13.8. The largest absolute Gasteiger partial charge is 0.467 e. The number of halogens is 1. The Hall–Kier alpha value is -2.92. The second-order valence-corrected chi connectivity index (χ2v) is 5.77. The highest BCUT2D eigenvalue weighted by Gasteiger charge is 2.17. The summed E-state index contributed by atoms with van der Waals surface area (Å²) in [6.45, 7) is 1.82. The third-order valence-electron chi connectivity index (χ3n) is 3.83. The molecule has 0 bridgehead atoms. The van der Waals surface area contributed by atoms with E-state index in [-0.39, 0.29) is 24.2 Å². The van der Waals surface area contributed by atoms with Crippen LogP contribution in [0.1, 0.15) is 22.9 Å². The van der Waals surface area contributed by atoms with Crippen LogP contribution in [0.5, 0.6) is 0 Å². The Balaban J connectivity index is 1.68. The molecule has 1 amide bonds. The third-order valence-corrected chi connectivity index (χ3v) is 3.83. The minimum absolute atomic E-state index is 0.0214. The van der Waals surface area contributed by atoms with Gasteiger partial charge in [-0.2, -0.15) is 0 Å². The molecular weight excluding hydrogens is 319 g/mol. The molecule has 2 aromatic carbocycles. The normalized spacial score (nSPS) is 11.9. The Bertz CT molecular complexity index is 832. The number of furan rings is 1. The van der Waals surface area contributed by atoms with Crippen molar-refractivity contribution in [3.63, 3.8) is 0 Å². The number of carbonyl (C=O) groups excluding carboxylic acids is 1. The SMILES string of the molecule is Cc1ccc(NC(=O)CN[C@H](c2ccccc2)c2ccco2)c(F)c1. The Kier molecular flexibility index (Phi) is 5.26. The van der Waals surface area contributed by atoms with Crippen molar-refractivity contribution in [1.29, 1.82) is 0 Å². The molecule has 3 rings (SSSR count). The van der Waals surface area contributed by atoms with Gasteiger partial charge in [0, 0.05) is 0 Å². The minimum Gasteiger partial charge on any atom is -0.467 e. The van der Waals surface area contributed by atoms with E-state index in [2.05, 4.69) is 10.6 Å². The molecule has 0 saturated carbocycles. The third kappa shape index (κ3) is 4.33. The monoisotopic (exact) mass is 338 g/mol. The molecule has 128 valence electrons. The van der Waals surface area contributed by atoms with E-state index in [1.54, 1.807) is 31.4 Å². The fraction of sp³-hybridized carbons (Fsp3) is 0.150. The van der Waals surface area contributed by atoms with Crippen LogP contribution in [0, 0.1) is 12.7 Å². The van der Waals surface area contributed by atoms with Crippen molar-refractivity contribution >= 4 is 11.6 Å². The first-order valence-electron chi connectivity index (χ1n) is 8.01. The van der Waals surface area contributed by atoms with Crippen molar-refractivity contribution in [2.45, 2.75) is 13.0 Å². The van der Waals surface area contributed by atoms with Gasteiger partial charge in [0.05, 0.1) is 24.5 Å². The van der Waals surface area contributed by atoms with Gasteiger partial charge < -0.3 is 9.73 Å². The van der Waals surface area contributed by atoms with E-state index in [0.29, 0.717) is 5.76 Å². The van der Waals surface area contributed by atoms with E-state index in [4.69, 9.17) is 4.42 Å². The molecular formula is C20H19FN2O2. The molecule has 0 aliphatic heterocycles. The molecule has 1 aromatic heterocycles. The van der Waals surface area contributed by atoms with Crippen molar-refractivity contribution in [1.82, 2.24) is 5.32 Å². The lowest BCUT2D eigenvalue weighted by Gasteiger charge is -2.17. The zero-order chi connectivity index (χ0) is 17.6. The van der Waals surface area contributed by atoms with Gasteiger partial charge in [-0.05, 0) is 42.3 Å². The highest BCUT2D eigenvalue weighted by molar-refractivity contribution is 5.92. The van der Waals surface area contributed by atoms with Gasteiger partial charge in [0.1, 0.15) is 11.6 Å². The van der Waals surface area contributed by atoms with E-state index in [1.807, 2.05) is 36.4 Å². The molecule has 3 aromatic rings. The Morgan fingerprint density at radius 3 is 2.60 bits per heavy atom. The zero-order valence-corrected chi connectivity index (χ0v) is 13.8. The van der Waals surface area contributed by atoms with Gasteiger partial charge in [0.15, 0.2) is 0 Å². The molecule has 2 N–H and O–H groups in total. The minimum atomic E-state index is -0.445. The number of anilines is 1. The van der Waals surface area contributed by atoms with Crippen LogP contribution in [0.3, 0.4) is 0 Å². The number of nitrogens with one attached hydrogen (secondary N) is 2. The van der Waals surface area contributed by atoms with Crippen LogP contribution in [-0.4, -0.2) is 12.5 Å². The standard InChI is InChI=1S/C20H19FN2O2/c1-14-9-10-17(16(21)12-14)23-19(24)13-22-20(18-8-5-11-25-18)15-6-3-2-4-7-15/h2-12,20,22H,13H2,1H3,(H,23,24)/t20-/m1/s1. The van der Waals surface area contributed by atoms with Gasteiger partial charge in [0.2, 0.25) is 5.91 Å². The van der Waals surface area contributed by atoms with Crippen molar-refractivity contribution in [2.75, 3.05) is 11.9 Å². The van der Waals surface area contributed by atoms with Crippen molar-refractivity contribution in [3.8, 4) is 0 Å². The highest BCUT2D eigenvalue weighted by atomic mass is 19.1.